The Kier molecular flexibility index (Phi) is 5.45. The van der Waals surface area contributed by atoms with Crippen molar-refractivity contribution in [2.45, 2.75) is 25.9 Å². The molecule has 8 heteroatoms. The van der Waals surface area contributed by atoms with Gasteiger partial charge in [-0.05, 0) is 44.1 Å². The van der Waals surface area contributed by atoms with E-state index in [9.17, 15) is 14.7 Å². The van der Waals surface area contributed by atoms with E-state index in [0.29, 0.717) is 33.8 Å². The number of nitrogens with zero attached hydrogens (tertiary/aromatic N) is 4. The van der Waals surface area contributed by atoms with E-state index in [1.807, 2.05) is 36.4 Å². The smallest absolute Gasteiger partial charge is 0.348 e. The summed E-state index contributed by atoms with van der Waals surface area (Å²) < 4.78 is 3.40. The van der Waals surface area contributed by atoms with Crippen molar-refractivity contribution in [1.29, 1.82) is 0 Å². The van der Waals surface area contributed by atoms with Crippen molar-refractivity contribution in [3.05, 3.63) is 64.0 Å². The Morgan fingerprint density at radius 2 is 1.75 bits per heavy atom. The first-order valence-electron chi connectivity index (χ1n) is 10.7. The van der Waals surface area contributed by atoms with Crippen molar-refractivity contribution in [2.75, 3.05) is 19.6 Å². The van der Waals surface area contributed by atoms with E-state index in [0.717, 1.165) is 30.6 Å². The van der Waals surface area contributed by atoms with E-state index in [2.05, 4.69) is 9.88 Å². The molecule has 1 aliphatic heterocycles. The largest absolute Gasteiger partial charge is 0.480 e. The molecule has 1 saturated heterocycles. The standard InChI is InChI=1S/C24H23ClN4O3/c25-17-8-9-19-18(14-17)22-23(29(19)15-20(30)31)21(16-6-2-1-3-7-16)26-24(32)28(22)13-12-27-10-4-5-11-27/h1-3,6-9,14H,4-5,10-13,15H2,(H,30,31). The van der Waals surface area contributed by atoms with Crippen LogP contribution >= 0.6 is 11.6 Å². The molecule has 1 fully saturated rings. The topological polar surface area (TPSA) is 80.4 Å². The maximum atomic E-state index is 13.3. The van der Waals surface area contributed by atoms with Gasteiger partial charge >= 0.3 is 11.7 Å². The molecule has 2 aromatic heterocycles. The molecular weight excluding hydrogens is 428 g/mol. The minimum atomic E-state index is -0.965. The number of hydrogen-bond donors (Lipinski definition) is 1. The van der Waals surface area contributed by atoms with Crippen LogP contribution in [0.3, 0.4) is 0 Å². The number of benzene rings is 2. The normalized spacial score (nSPS) is 14.5. The lowest BCUT2D eigenvalue weighted by molar-refractivity contribution is -0.137. The van der Waals surface area contributed by atoms with E-state index < -0.39 is 5.97 Å². The zero-order chi connectivity index (χ0) is 22.2. The van der Waals surface area contributed by atoms with Gasteiger partial charge < -0.3 is 14.6 Å². The summed E-state index contributed by atoms with van der Waals surface area (Å²) in [5, 5.41) is 10.9. The lowest BCUT2D eigenvalue weighted by atomic mass is 10.1. The zero-order valence-electron chi connectivity index (χ0n) is 17.5. The van der Waals surface area contributed by atoms with Gasteiger partial charge in [-0.3, -0.25) is 9.36 Å². The molecule has 5 rings (SSSR count). The van der Waals surface area contributed by atoms with Gasteiger partial charge in [0.05, 0.1) is 16.6 Å². The Morgan fingerprint density at radius 1 is 1.00 bits per heavy atom. The van der Waals surface area contributed by atoms with Crippen LogP contribution in [-0.2, 0) is 17.9 Å². The third-order valence-corrected chi connectivity index (χ3v) is 6.35. The third-order valence-electron chi connectivity index (χ3n) is 6.11. The molecule has 0 aliphatic carbocycles. The van der Waals surface area contributed by atoms with Crippen LogP contribution in [0, 0.1) is 0 Å². The highest BCUT2D eigenvalue weighted by Crippen LogP contribution is 2.35. The van der Waals surface area contributed by atoms with Gasteiger partial charge in [0, 0.05) is 29.1 Å². The van der Waals surface area contributed by atoms with E-state index in [1.54, 1.807) is 21.3 Å². The van der Waals surface area contributed by atoms with E-state index in [1.165, 1.54) is 12.8 Å². The fourth-order valence-corrected chi connectivity index (χ4v) is 4.85. The van der Waals surface area contributed by atoms with Gasteiger partial charge in [-0.15, -0.1) is 0 Å². The number of rotatable bonds is 6. The highest BCUT2D eigenvalue weighted by atomic mass is 35.5. The number of carbonyl (C=O) groups is 1. The summed E-state index contributed by atoms with van der Waals surface area (Å²) in [6.07, 6.45) is 2.34. The Bertz CT molecular complexity index is 1370. The monoisotopic (exact) mass is 450 g/mol. The summed E-state index contributed by atoms with van der Waals surface area (Å²) in [5.74, 6) is -0.965. The molecule has 0 unspecified atom stereocenters. The molecule has 4 aromatic rings. The highest BCUT2D eigenvalue weighted by Gasteiger charge is 2.23. The van der Waals surface area contributed by atoms with Gasteiger partial charge in [-0.1, -0.05) is 41.9 Å². The summed E-state index contributed by atoms with van der Waals surface area (Å²) in [5.41, 5.74) is 2.94. The van der Waals surface area contributed by atoms with Gasteiger partial charge in [-0.25, -0.2) is 4.79 Å². The Morgan fingerprint density at radius 3 is 2.47 bits per heavy atom. The van der Waals surface area contributed by atoms with E-state index in [4.69, 9.17) is 11.6 Å². The molecule has 32 heavy (non-hydrogen) atoms. The van der Waals surface area contributed by atoms with Crippen molar-refractivity contribution in [2.24, 2.45) is 0 Å². The van der Waals surface area contributed by atoms with Gasteiger partial charge in [0.2, 0.25) is 0 Å². The SMILES string of the molecule is O=C(O)Cn1c2ccc(Cl)cc2c2c1c(-c1ccccc1)nc(=O)n2CCN1CCCC1. The third kappa shape index (κ3) is 3.67. The lowest BCUT2D eigenvalue weighted by Crippen LogP contribution is -2.31. The molecule has 164 valence electrons. The predicted octanol–water partition coefficient (Wildman–Crippen LogP) is 3.85. The van der Waals surface area contributed by atoms with Gasteiger partial charge in [0.25, 0.3) is 0 Å². The second kappa shape index (κ2) is 8.41. The summed E-state index contributed by atoms with van der Waals surface area (Å²) in [6, 6.07) is 14.8. The first-order valence-corrected chi connectivity index (χ1v) is 11.1. The van der Waals surface area contributed by atoms with Crippen LogP contribution in [0.2, 0.25) is 5.02 Å². The minimum absolute atomic E-state index is 0.243. The molecule has 1 N–H and O–H groups in total. The van der Waals surface area contributed by atoms with Crippen molar-refractivity contribution in [1.82, 2.24) is 19.0 Å². The molecular formula is C24H23ClN4O3. The summed E-state index contributed by atoms with van der Waals surface area (Å²) in [7, 11) is 0. The minimum Gasteiger partial charge on any atom is -0.480 e. The number of likely N-dealkylation sites (tertiary alicyclic amines) is 1. The van der Waals surface area contributed by atoms with Crippen LogP contribution in [-0.4, -0.2) is 49.7 Å². The molecule has 3 heterocycles. The number of carboxylic acid groups (broad SMARTS) is 1. The average Bonchev–Trinajstić information content (AvgIpc) is 3.40. The molecule has 0 spiro atoms. The van der Waals surface area contributed by atoms with Gasteiger partial charge in [0.15, 0.2) is 0 Å². The van der Waals surface area contributed by atoms with Crippen LogP contribution < -0.4 is 5.69 Å². The van der Waals surface area contributed by atoms with Crippen molar-refractivity contribution >= 4 is 39.5 Å². The quantitative estimate of drug-likeness (QED) is 0.482. The average molecular weight is 451 g/mol. The highest BCUT2D eigenvalue weighted by molar-refractivity contribution is 6.32. The molecule has 1 aliphatic rings. The van der Waals surface area contributed by atoms with E-state index >= 15 is 0 Å². The molecule has 0 atom stereocenters. The molecule has 2 aromatic carbocycles. The Hall–Kier alpha value is -3.16. The number of hydrogen-bond acceptors (Lipinski definition) is 4. The molecule has 0 radical (unpaired) electrons. The molecule has 0 saturated carbocycles. The Labute approximate surface area is 189 Å². The van der Waals surface area contributed by atoms with Crippen molar-refractivity contribution in [3.63, 3.8) is 0 Å². The van der Waals surface area contributed by atoms with E-state index in [-0.39, 0.29) is 12.2 Å². The van der Waals surface area contributed by atoms with Gasteiger partial charge in [0.1, 0.15) is 12.2 Å². The molecule has 7 nitrogen and oxygen atoms in total. The summed E-state index contributed by atoms with van der Waals surface area (Å²) >= 11 is 6.33. The van der Waals surface area contributed by atoms with Crippen LogP contribution in [0.5, 0.6) is 0 Å². The second-order valence-electron chi connectivity index (χ2n) is 8.15. The number of aromatic nitrogens is 3. The van der Waals surface area contributed by atoms with Crippen LogP contribution in [0.1, 0.15) is 12.8 Å². The number of fused-ring (bicyclic) bond motifs is 3. The predicted molar refractivity (Wildman–Crippen MR) is 125 cm³/mol. The summed E-state index contributed by atoms with van der Waals surface area (Å²) in [4.78, 5) is 31.8. The number of aliphatic carboxylic acids is 1. The van der Waals surface area contributed by atoms with Crippen molar-refractivity contribution in [3.8, 4) is 11.3 Å². The van der Waals surface area contributed by atoms with Crippen LogP contribution in [0.15, 0.2) is 53.3 Å². The maximum absolute atomic E-state index is 13.3. The van der Waals surface area contributed by atoms with Crippen molar-refractivity contribution < 1.29 is 9.90 Å². The Balaban J connectivity index is 1.83. The zero-order valence-corrected chi connectivity index (χ0v) is 18.3. The number of halogens is 1. The van der Waals surface area contributed by atoms with Crippen LogP contribution in [0.25, 0.3) is 33.2 Å². The van der Waals surface area contributed by atoms with Crippen LogP contribution in [0.4, 0.5) is 0 Å². The fourth-order valence-electron chi connectivity index (χ4n) is 4.68. The first-order chi connectivity index (χ1) is 15.5. The molecule has 0 bridgehead atoms. The lowest BCUT2D eigenvalue weighted by Gasteiger charge is -2.17. The maximum Gasteiger partial charge on any atom is 0.348 e. The molecule has 0 amide bonds. The number of carboxylic acids is 1. The second-order valence-corrected chi connectivity index (χ2v) is 8.58. The fraction of sp³-hybridized carbons (Fsp3) is 0.292. The van der Waals surface area contributed by atoms with Gasteiger partial charge in [-0.2, -0.15) is 4.98 Å². The first kappa shape index (κ1) is 20.7. The summed E-state index contributed by atoms with van der Waals surface area (Å²) in [6.45, 7) is 3.04.